The molecule has 1 aromatic rings. The zero-order valence-electron chi connectivity index (χ0n) is 15.0. The largest absolute Gasteiger partial charge is 0.493 e. The highest BCUT2D eigenvalue weighted by Crippen LogP contribution is 2.39. The number of methoxy groups -OCH3 is 3. The van der Waals surface area contributed by atoms with Crippen LogP contribution < -0.4 is 19.5 Å². The Kier molecular flexibility index (Phi) is 6.46. The molecule has 0 radical (unpaired) electrons. The SMILES string of the molecule is CCN1CCO[C@H](CC(=O)Nc2cc(OC)c(OC)c(OC)c2)C1=O. The number of carbonyl (C=O) groups is 2. The van der Waals surface area contributed by atoms with Crippen LogP contribution in [0.4, 0.5) is 5.69 Å². The normalized spacial score (nSPS) is 17.2. The summed E-state index contributed by atoms with van der Waals surface area (Å²) in [4.78, 5) is 26.2. The lowest BCUT2D eigenvalue weighted by molar-refractivity contribution is -0.154. The summed E-state index contributed by atoms with van der Waals surface area (Å²) in [5.74, 6) is 0.811. The summed E-state index contributed by atoms with van der Waals surface area (Å²) < 4.78 is 21.2. The number of ether oxygens (including phenoxy) is 4. The predicted octanol–water partition coefficient (Wildman–Crippen LogP) is 1.29. The zero-order chi connectivity index (χ0) is 18.4. The Morgan fingerprint density at radius 1 is 1.24 bits per heavy atom. The molecule has 1 N–H and O–H groups in total. The van der Waals surface area contributed by atoms with Crippen LogP contribution in [0, 0.1) is 0 Å². The maximum Gasteiger partial charge on any atom is 0.252 e. The van der Waals surface area contributed by atoms with Crippen LogP contribution >= 0.6 is 0 Å². The molecule has 0 saturated carbocycles. The smallest absolute Gasteiger partial charge is 0.252 e. The summed E-state index contributed by atoms with van der Waals surface area (Å²) >= 11 is 0. The lowest BCUT2D eigenvalue weighted by Gasteiger charge is -2.31. The second kappa shape index (κ2) is 8.57. The van der Waals surface area contributed by atoms with Gasteiger partial charge in [0.2, 0.25) is 11.7 Å². The molecule has 8 heteroatoms. The van der Waals surface area contributed by atoms with Crippen molar-refractivity contribution in [3.8, 4) is 17.2 Å². The van der Waals surface area contributed by atoms with Crippen molar-refractivity contribution in [1.29, 1.82) is 0 Å². The zero-order valence-corrected chi connectivity index (χ0v) is 15.0. The van der Waals surface area contributed by atoms with Crippen LogP contribution in [0.1, 0.15) is 13.3 Å². The summed E-state index contributed by atoms with van der Waals surface area (Å²) in [6.07, 6.45) is -0.804. The first kappa shape index (κ1) is 18.9. The first-order valence-corrected chi connectivity index (χ1v) is 8.04. The number of carbonyl (C=O) groups excluding carboxylic acids is 2. The molecule has 1 heterocycles. The van der Waals surface area contributed by atoms with Crippen LogP contribution in [0.2, 0.25) is 0 Å². The summed E-state index contributed by atoms with van der Waals surface area (Å²) in [6, 6.07) is 3.25. The molecule has 1 aromatic carbocycles. The van der Waals surface area contributed by atoms with Gasteiger partial charge in [-0.1, -0.05) is 0 Å². The number of nitrogens with one attached hydrogen (secondary N) is 1. The van der Waals surface area contributed by atoms with Crippen LogP contribution in [0.5, 0.6) is 17.2 Å². The van der Waals surface area contributed by atoms with Gasteiger partial charge < -0.3 is 29.2 Å². The molecule has 0 aliphatic carbocycles. The van der Waals surface area contributed by atoms with E-state index in [0.29, 0.717) is 42.6 Å². The van der Waals surface area contributed by atoms with Crippen LogP contribution in [0.3, 0.4) is 0 Å². The van der Waals surface area contributed by atoms with Crippen molar-refractivity contribution in [2.75, 3.05) is 46.3 Å². The Morgan fingerprint density at radius 2 is 1.88 bits per heavy atom. The van der Waals surface area contributed by atoms with Crippen molar-refractivity contribution in [2.24, 2.45) is 0 Å². The van der Waals surface area contributed by atoms with Gasteiger partial charge in [-0.25, -0.2) is 0 Å². The molecule has 1 atom stereocenters. The van der Waals surface area contributed by atoms with E-state index in [-0.39, 0.29) is 18.2 Å². The van der Waals surface area contributed by atoms with Crippen LogP contribution in [-0.4, -0.2) is 63.8 Å². The van der Waals surface area contributed by atoms with Gasteiger partial charge in [0.25, 0.3) is 5.91 Å². The van der Waals surface area contributed by atoms with Crippen LogP contribution in [-0.2, 0) is 14.3 Å². The first-order chi connectivity index (χ1) is 12.0. The fourth-order valence-corrected chi connectivity index (χ4v) is 2.68. The highest BCUT2D eigenvalue weighted by atomic mass is 16.5. The third-order valence-corrected chi connectivity index (χ3v) is 3.97. The fourth-order valence-electron chi connectivity index (χ4n) is 2.68. The van der Waals surface area contributed by atoms with E-state index in [2.05, 4.69) is 5.32 Å². The monoisotopic (exact) mass is 352 g/mol. The number of hydrogen-bond acceptors (Lipinski definition) is 6. The number of benzene rings is 1. The van der Waals surface area contributed by atoms with Crippen molar-refractivity contribution in [1.82, 2.24) is 4.90 Å². The average Bonchev–Trinajstić information content (AvgIpc) is 2.62. The van der Waals surface area contributed by atoms with Gasteiger partial charge in [-0.15, -0.1) is 0 Å². The Balaban J connectivity index is 2.08. The molecule has 0 bridgehead atoms. The number of morpholine rings is 1. The lowest BCUT2D eigenvalue weighted by Crippen LogP contribution is -2.48. The fraction of sp³-hybridized carbons (Fsp3) is 0.529. The number of likely N-dealkylation sites (N-methyl/N-ethyl adjacent to an activating group) is 1. The van der Waals surface area contributed by atoms with Gasteiger partial charge in [0.05, 0.1) is 34.4 Å². The van der Waals surface area contributed by atoms with E-state index in [9.17, 15) is 9.59 Å². The molecule has 0 aromatic heterocycles. The Hall–Kier alpha value is -2.48. The second-order valence-electron chi connectivity index (χ2n) is 5.44. The summed E-state index contributed by atoms with van der Waals surface area (Å²) in [5, 5.41) is 2.74. The van der Waals surface area contributed by atoms with E-state index in [1.165, 1.54) is 21.3 Å². The molecule has 0 spiro atoms. The minimum absolute atomic E-state index is 0.0496. The van der Waals surface area contributed by atoms with Gasteiger partial charge in [0.15, 0.2) is 11.5 Å². The highest BCUT2D eigenvalue weighted by Gasteiger charge is 2.30. The van der Waals surface area contributed by atoms with Gasteiger partial charge >= 0.3 is 0 Å². The van der Waals surface area contributed by atoms with E-state index in [1.807, 2.05) is 6.92 Å². The Labute approximate surface area is 147 Å². The Morgan fingerprint density at radius 3 is 2.40 bits per heavy atom. The van der Waals surface area contributed by atoms with Crippen molar-refractivity contribution in [3.63, 3.8) is 0 Å². The molecular weight excluding hydrogens is 328 g/mol. The van der Waals surface area contributed by atoms with Crippen molar-refractivity contribution in [3.05, 3.63) is 12.1 Å². The number of rotatable bonds is 7. The average molecular weight is 352 g/mol. The van der Waals surface area contributed by atoms with Crippen LogP contribution in [0.15, 0.2) is 12.1 Å². The minimum atomic E-state index is -0.754. The molecule has 25 heavy (non-hydrogen) atoms. The molecule has 138 valence electrons. The third-order valence-electron chi connectivity index (χ3n) is 3.97. The number of anilines is 1. The molecule has 1 saturated heterocycles. The molecular formula is C17H24N2O6. The molecule has 1 fully saturated rings. The predicted molar refractivity (Wildman–Crippen MR) is 91.3 cm³/mol. The lowest BCUT2D eigenvalue weighted by atomic mass is 10.1. The number of amides is 2. The van der Waals surface area contributed by atoms with Crippen molar-refractivity contribution >= 4 is 17.5 Å². The van der Waals surface area contributed by atoms with Gasteiger partial charge in [-0.05, 0) is 6.92 Å². The quantitative estimate of drug-likeness (QED) is 0.796. The van der Waals surface area contributed by atoms with E-state index < -0.39 is 6.10 Å². The van der Waals surface area contributed by atoms with Gasteiger partial charge in [-0.3, -0.25) is 9.59 Å². The molecule has 8 nitrogen and oxygen atoms in total. The molecule has 2 amide bonds. The Bertz CT molecular complexity index is 609. The molecule has 1 aliphatic heterocycles. The van der Waals surface area contributed by atoms with Gasteiger partial charge in [-0.2, -0.15) is 0 Å². The minimum Gasteiger partial charge on any atom is -0.493 e. The van der Waals surface area contributed by atoms with Crippen molar-refractivity contribution < 1.29 is 28.5 Å². The maximum atomic E-state index is 12.3. The van der Waals surface area contributed by atoms with E-state index in [0.717, 1.165) is 0 Å². The van der Waals surface area contributed by atoms with Crippen molar-refractivity contribution in [2.45, 2.75) is 19.4 Å². The van der Waals surface area contributed by atoms with E-state index in [4.69, 9.17) is 18.9 Å². The third kappa shape index (κ3) is 4.33. The maximum absolute atomic E-state index is 12.3. The van der Waals surface area contributed by atoms with Gasteiger partial charge in [0.1, 0.15) is 6.10 Å². The van der Waals surface area contributed by atoms with E-state index in [1.54, 1.807) is 17.0 Å². The molecule has 1 aliphatic rings. The topological polar surface area (TPSA) is 86.3 Å². The standard InChI is InChI=1S/C17H24N2O6/c1-5-19-6-7-25-14(17(19)21)10-15(20)18-11-8-12(22-2)16(24-4)13(9-11)23-3/h8-9,14H,5-7,10H2,1-4H3,(H,18,20)/t14-/m1/s1. The highest BCUT2D eigenvalue weighted by molar-refractivity contribution is 5.95. The van der Waals surface area contributed by atoms with Crippen LogP contribution in [0.25, 0.3) is 0 Å². The number of hydrogen-bond donors (Lipinski definition) is 1. The van der Waals surface area contributed by atoms with E-state index >= 15 is 0 Å². The summed E-state index contributed by atoms with van der Waals surface area (Å²) in [6.45, 7) is 3.49. The first-order valence-electron chi connectivity index (χ1n) is 8.04. The summed E-state index contributed by atoms with van der Waals surface area (Å²) in [5.41, 5.74) is 0.482. The molecule has 2 rings (SSSR count). The van der Waals surface area contributed by atoms with Gasteiger partial charge in [0, 0.05) is 30.9 Å². The number of nitrogens with zero attached hydrogens (tertiary/aromatic N) is 1. The molecule has 0 unspecified atom stereocenters. The summed E-state index contributed by atoms with van der Waals surface area (Å²) in [7, 11) is 4.50. The second-order valence-corrected chi connectivity index (χ2v) is 5.44.